The summed E-state index contributed by atoms with van der Waals surface area (Å²) in [7, 11) is 0. The van der Waals surface area contributed by atoms with Crippen molar-refractivity contribution >= 4 is 17.5 Å². The number of ketones is 1. The predicted molar refractivity (Wildman–Crippen MR) is 88.8 cm³/mol. The van der Waals surface area contributed by atoms with Crippen LogP contribution < -0.4 is 9.47 Å². The highest BCUT2D eigenvalue weighted by molar-refractivity contribution is 6.06. The van der Waals surface area contributed by atoms with Crippen molar-refractivity contribution in [3.63, 3.8) is 0 Å². The SMILES string of the molecule is CC(=N)C(C#N)C(=O)COC(=O)COc1cccc2c1OC(C)(C)C2. The van der Waals surface area contributed by atoms with E-state index in [9.17, 15) is 9.59 Å². The number of nitriles is 1. The van der Waals surface area contributed by atoms with Gasteiger partial charge in [-0.2, -0.15) is 5.26 Å². The van der Waals surface area contributed by atoms with Crippen LogP contribution in [0.4, 0.5) is 0 Å². The Labute approximate surface area is 146 Å². The van der Waals surface area contributed by atoms with Gasteiger partial charge in [0.25, 0.3) is 0 Å². The monoisotopic (exact) mass is 344 g/mol. The van der Waals surface area contributed by atoms with Gasteiger partial charge in [-0.15, -0.1) is 0 Å². The van der Waals surface area contributed by atoms with Crippen molar-refractivity contribution in [3.05, 3.63) is 23.8 Å². The Morgan fingerprint density at radius 2 is 2.12 bits per heavy atom. The van der Waals surface area contributed by atoms with E-state index in [-0.39, 0.29) is 17.9 Å². The summed E-state index contributed by atoms with van der Waals surface area (Å²) in [5.41, 5.74) is 0.592. The highest BCUT2D eigenvalue weighted by atomic mass is 16.6. The Hall–Kier alpha value is -2.88. The number of rotatable bonds is 7. The van der Waals surface area contributed by atoms with Crippen LogP contribution in [0.5, 0.6) is 11.5 Å². The molecule has 1 atom stereocenters. The van der Waals surface area contributed by atoms with E-state index in [1.54, 1.807) is 12.1 Å². The lowest BCUT2D eigenvalue weighted by molar-refractivity contribution is -0.150. The number of fused-ring (bicyclic) bond motifs is 1. The van der Waals surface area contributed by atoms with Gasteiger partial charge in [-0.25, -0.2) is 4.79 Å². The number of hydrogen-bond acceptors (Lipinski definition) is 7. The van der Waals surface area contributed by atoms with Gasteiger partial charge in [0.05, 0.1) is 6.07 Å². The third kappa shape index (κ3) is 4.57. The number of esters is 1. The molecule has 25 heavy (non-hydrogen) atoms. The summed E-state index contributed by atoms with van der Waals surface area (Å²) in [5, 5.41) is 16.2. The van der Waals surface area contributed by atoms with Crippen LogP contribution in [0, 0.1) is 22.7 Å². The van der Waals surface area contributed by atoms with Crippen molar-refractivity contribution in [2.75, 3.05) is 13.2 Å². The molecule has 132 valence electrons. The second-order valence-electron chi connectivity index (χ2n) is 6.44. The molecule has 0 fully saturated rings. The number of nitrogens with zero attached hydrogens (tertiary/aromatic N) is 1. The highest BCUT2D eigenvalue weighted by Gasteiger charge is 2.32. The summed E-state index contributed by atoms with van der Waals surface area (Å²) in [4.78, 5) is 23.5. The first-order valence-corrected chi connectivity index (χ1v) is 7.80. The Bertz CT molecular complexity index is 748. The quantitative estimate of drug-likeness (QED) is 0.599. The Morgan fingerprint density at radius 1 is 1.40 bits per heavy atom. The van der Waals surface area contributed by atoms with Crippen molar-refractivity contribution < 1.29 is 23.8 Å². The molecule has 0 aromatic heterocycles. The van der Waals surface area contributed by atoms with Crippen molar-refractivity contribution in [2.45, 2.75) is 32.8 Å². The van der Waals surface area contributed by atoms with Crippen LogP contribution in [0.1, 0.15) is 26.3 Å². The van der Waals surface area contributed by atoms with Gasteiger partial charge in [0.1, 0.15) is 11.5 Å². The second kappa shape index (κ2) is 7.34. The van der Waals surface area contributed by atoms with Crippen LogP contribution in [0.15, 0.2) is 18.2 Å². The summed E-state index contributed by atoms with van der Waals surface area (Å²) < 4.78 is 16.1. The maximum Gasteiger partial charge on any atom is 0.344 e. The van der Waals surface area contributed by atoms with Gasteiger partial charge in [0, 0.05) is 17.7 Å². The fourth-order valence-corrected chi connectivity index (χ4v) is 2.52. The zero-order valence-corrected chi connectivity index (χ0v) is 14.4. The molecule has 2 rings (SSSR count). The highest BCUT2D eigenvalue weighted by Crippen LogP contribution is 2.41. The van der Waals surface area contributed by atoms with Crippen molar-refractivity contribution in [1.29, 1.82) is 10.7 Å². The van der Waals surface area contributed by atoms with Crippen molar-refractivity contribution in [1.82, 2.24) is 0 Å². The summed E-state index contributed by atoms with van der Waals surface area (Å²) in [6, 6.07) is 7.16. The molecular formula is C18H20N2O5. The number of carbonyl (C=O) groups is 2. The lowest BCUT2D eigenvalue weighted by Crippen LogP contribution is -2.27. The molecule has 1 aliphatic heterocycles. The second-order valence-corrected chi connectivity index (χ2v) is 6.44. The van der Waals surface area contributed by atoms with Gasteiger partial charge < -0.3 is 19.6 Å². The Morgan fingerprint density at radius 3 is 2.76 bits per heavy atom. The van der Waals surface area contributed by atoms with E-state index in [0.717, 1.165) is 12.0 Å². The first-order chi connectivity index (χ1) is 11.7. The van der Waals surface area contributed by atoms with Gasteiger partial charge in [0.15, 0.2) is 30.5 Å². The largest absolute Gasteiger partial charge is 0.483 e. The molecule has 0 bridgehead atoms. The average Bonchev–Trinajstić information content (AvgIpc) is 2.85. The number of hydrogen-bond donors (Lipinski definition) is 1. The van der Waals surface area contributed by atoms with Gasteiger partial charge in [0.2, 0.25) is 0 Å². The van der Waals surface area contributed by atoms with E-state index in [1.165, 1.54) is 6.92 Å². The molecule has 1 heterocycles. The fourth-order valence-electron chi connectivity index (χ4n) is 2.52. The van der Waals surface area contributed by atoms with E-state index in [0.29, 0.717) is 11.5 Å². The summed E-state index contributed by atoms with van der Waals surface area (Å²) in [6.45, 7) is 4.34. The summed E-state index contributed by atoms with van der Waals surface area (Å²) in [6.07, 6.45) is 0.747. The molecule has 1 aromatic carbocycles. The maximum atomic E-state index is 11.8. The molecule has 0 saturated carbocycles. The molecule has 7 heteroatoms. The molecule has 7 nitrogen and oxygen atoms in total. The first kappa shape index (κ1) is 18.5. The molecule has 1 N–H and O–H groups in total. The number of nitrogens with one attached hydrogen (secondary N) is 1. The molecule has 1 aromatic rings. The molecule has 0 radical (unpaired) electrons. The Balaban J connectivity index is 1.88. The number of Topliss-reactive ketones (excluding diaryl/α,β-unsaturated/α-hetero) is 1. The maximum absolute atomic E-state index is 11.8. The number of carbonyl (C=O) groups excluding carboxylic acids is 2. The number of para-hydroxylation sites is 1. The predicted octanol–water partition coefficient (Wildman–Crippen LogP) is 2.07. The van der Waals surface area contributed by atoms with Crippen LogP contribution in [-0.2, 0) is 20.7 Å². The molecule has 0 amide bonds. The standard InChI is InChI=1S/C18H20N2O5/c1-11(20)13(8-19)14(21)9-24-16(22)10-23-15-6-4-5-12-7-18(2,3)25-17(12)15/h4-6,13,20H,7,9-10H2,1-3H3. The minimum atomic E-state index is -1.19. The molecule has 1 unspecified atom stereocenters. The normalized spacial score (nSPS) is 15.3. The van der Waals surface area contributed by atoms with E-state index in [4.69, 9.17) is 24.9 Å². The lowest BCUT2D eigenvalue weighted by atomic mass is 10.0. The third-order valence-electron chi connectivity index (χ3n) is 3.66. The van der Waals surface area contributed by atoms with Crippen LogP contribution in [-0.4, -0.2) is 36.3 Å². The zero-order chi connectivity index (χ0) is 18.6. The van der Waals surface area contributed by atoms with E-state index in [2.05, 4.69) is 0 Å². The lowest BCUT2D eigenvalue weighted by Gasteiger charge is -2.18. The van der Waals surface area contributed by atoms with Gasteiger partial charge in [-0.05, 0) is 26.8 Å². The van der Waals surface area contributed by atoms with Crippen LogP contribution >= 0.6 is 0 Å². The average molecular weight is 344 g/mol. The Kier molecular flexibility index (Phi) is 5.42. The van der Waals surface area contributed by atoms with E-state index >= 15 is 0 Å². The molecule has 0 spiro atoms. The molecular weight excluding hydrogens is 324 g/mol. The van der Waals surface area contributed by atoms with Crippen LogP contribution in [0.25, 0.3) is 0 Å². The van der Waals surface area contributed by atoms with Crippen LogP contribution in [0.2, 0.25) is 0 Å². The van der Waals surface area contributed by atoms with Gasteiger partial charge in [-0.1, -0.05) is 12.1 Å². The number of benzene rings is 1. The summed E-state index contributed by atoms with van der Waals surface area (Å²) in [5.74, 6) is -1.50. The van der Waals surface area contributed by atoms with Gasteiger partial charge >= 0.3 is 5.97 Å². The van der Waals surface area contributed by atoms with Crippen molar-refractivity contribution in [3.8, 4) is 17.6 Å². The topological polar surface area (TPSA) is 109 Å². The van der Waals surface area contributed by atoms with E-state index in [1.807, 2.05) is 26.0 Å². The van der Waals surface area contributed by atoms with Crippen molar-refractivity contribution in [2.24, 2.45) is 5.92 Å². The molecule has 0 saturated heterocycles. The fraction of sp³-hybridized carbons (Fsp3) is 0.444. The summed E-state index contributed by atoms with van der Waals surface area (Å²) >= 11 is 0. The third-order valence-corrected chi connectivity index (χ3v) is 3.66. The zero-order valence-electron chi connectivity index (χ0n) is 14.4. The smallest absolute Gasteiger partial charge is 0.344 e. The van der Waals surface area contributed by atoms with Crippen LogP contribution in [0.3, 0.4) is 0 Å². The van der Waals surface area contributed by atoms with E-state index < -0.39 is 24.3 Å². The number of ether oxygens (including phenoxy) is 3. The molecule has 0 aliphatic carbocycles. The minimum absolute atomic E-state index is 0.0839. The van der Waals surface area contributed by atoms with Gasteiger partial charge in [-0.3, -0.25) is 4.79 Å². The molecule has 1 aliphatic rings. The first-order valence-electron chi connectivity index (χ1n) is 7.80. The minimum Gasteiger partial charge on any atom is -0.483 e.